The lowest BCUT2D eigenvalue weighted by molar-refractivity contribution is 0.503. The number of benzene rings is 1. The normalized spacial score (nSPS) is 13.7. The van der Waals surface area contributed by atoms with Crippen LogP contribution in [0.1, 0.15) is 24.9 Å². The Kier molecular flexibility index (Phi) is 6.75. The highest BCUT2D eigenvalue weighted by Gasteiger charge is 2.16. The van der Waals surface area contributed by atoms with Gasteiger partial charge in [-0.15, -0.1) is 0 Å². The van der Waals surface area contributed by atoms with Crippen LogP contribution >= 0.6 is 23.2 Å². The van der Waals surface area contributed by atoms with E-state index in [0.717, 1.165) is 12.0 Å². The zero-order valence-electron chi connectivity index (χ0n) is 11.9. The van der Waals surface area contributed by atoms with Crippen molar-refractivity contribution in [1.29, 1.82) is 0 Å². The molecule has 1 N–H and O–H groups in total. The van der Waals surface area contributed by atoms with Gasteiger partial charge < -0.3 is 5.32 Å². The summed E-state index contributed by atoms with van der Waals surface area (Å²) >= 11 is 12.0. The summed E-state index contributed by atoms with van der Waals surface area (Å²) in [4.78, 5) is 0. The minimum Gasteiger partial charge on any atom is -0.309 e. The van der Waals surface area contributed by atoms with Crippen molar-refractivity contribution in [3.8, 4) is 0 Å². The second kappa shape index (κ2) is 7.61. The molecule has 0 aliphatic carbocycles. The molecule has 0 bridgehead atoms. The summed E-state index contributed by atoms with van der Waals surface area (Å²) in [5.41, 5.74) is 0.931. The molecule has 1 atom stereocenters. The van der Waals surface area contributed by atoms with Gasteiger partial charge in [0.1, 0.15) is 0 Å². The van der Waals surface area contributed by atoms with Gasteiger partial charge in [-0.2, -0.15) is 0 Å². The van der Waals surface area contributed by atoms with Crippen LogP contribution in [0.4, 0.5) is 0 Å². The van der Waals surface area contributed by atoms with Crippen molar-refractivity contribution in [2.75, 3.05) is 26.4 Å². The van der Waals surface area contributed by atoms with Crippen molar-refractivity contribution in [2.24, 2.45) is 0 Å². The number of rotatable bonds is 7. The molecule has 0 saturated carbocycles. The average molecular weight is 339 g/mol. The fourth-order valence-corrected chi connectivity index (χ4v) is 3.08. The lowest BCUT2D eigenvalue weighted by Crippen LogP contribution is -2.32. The summed E-state index contributed by atoms with van der Waals surface area (Å²) in [5.74, 6) is 0.0573. The first-order valence-electron chi connectivity index (χ1n) is 6.36. The van der Waals surface area contributed by atoms with Crippen molar-refractivity contribution in [1.82, 2.24) is 9.62 Å². The van der Waals surface area contributed by atoms with Crippen LogP contribution < -0.4 is 5.32 Å². The van der Waals surface area contributed by atoms with Gasteiger partial charge in [-0.25, -0.2) is 12.7 Å². The van der Waals surface area contributed by atoms with E-state index in [1.54, 1.807) is 12.1 Å². The van der Waals surface area contributed by atoms with Crippen molar-refractivity contribution >= 4 is 33.2 Å². The van der Waals surface area contributed by atoms with Gasteiger partial charge in [-0.3, -0.25) is 0 Å². The number of hydrogen-bond donors (Lipinski definition) is 1. The molecule has 0 fully saturated rings. The molecule has 0 radical (unpaired) electrons. The van der Waals surface area contributed by atoms with Crippen LogP contribution in [0.2, 0.25) is 10.0 Å². The molecule has 20 heavy (non-hydrogen) atoms. The van der Waals surface area contributed by atoms with Gasteiger partial charge in [0.05, 0.1) is 5.75 Å². The molecule has 0 heterocycles. The fourth-order valence-electron chi connectivity index (χ4n) is 1.80. The van der Waals surface area contributed by atoms with Gasteiger partial charge in [-0.1, -0.05) is 36.2 Å². The van der Waals surface area contributed by atoms with Crippen LogP contribution in [0.3, 0.4) is 0 Å². The van der Waals surface area contributed by atoms with Gasteiger partial charge in [-0.05, 0) is 24.1 Å². The number of sulfonamides is 1. The molecule has 0 aliphatic rings. The lowest BCUT2D eigenvalue weighted by atomic mass is 10.0. The molecule has 1 aromatic carbocycles. The summed E-state index contributed by atoms with van der Waals surface area (Å²) in [6.45, 7) is 2.39. The predicted octanol–water partition coefficient (Wildman–Crippen LogP) is 2.93. The molecule has 1 rings (SSSR count). The van der Waals surface area contributed by atoms with Crippen LogP contribution in [-0.2, 0) is 10.0 Å². The summed E-state index contributed by atoms with van der Waals surface area (Å²) in [6, 6.07) is 5.35. The highest BCUT2D eigenvalue weighted by atomic mass is 35.5. The molecule has 4 nitrogen and oxygen atoms in total. The molecule has 0 amide bonds. The Morgan fingerprint density at radius 2 is 1.95 bits per heavy atom. The molecule has 0 spiro atoms. The van der Waals surface area contributed by atoms with Crippen molar-refractivity contribution in [2.45, 2.75) is 19.4 Å². The van der Waals surface area contributed by atoms with E-state index < -0.39 is 10.0 Å². The standard InChI is InChI=1S/C13H20Cl2N2O2S/c1-4-13(11-6-5-10(14)9-12(11)15)16-7-8-20(18,19)17(2)3/h5-6,9,13,16H,4,7-8H2,1-3H3. The zero-order chi connectivity index (χ0) is 15.3. The Morgan fingerprint density at radius 1 is 1.30 bits per heavy atom. The quantitative estimate of drug-likeness (QED) is 0.831. The number of nitrogens with one attached hydrogen (secondary N) is 1. The Balaban J connectivity index is 2.69. The van der Waals surface area contributed by atoms with Crippen LogP contribution in [0.5, 0.6) is 0 Å². The van der Waals surface area contributed by atoms with Gasteiger partial charge in [0.2, 0.25) is 10.0 Å². The first kappa shape index (κ1) is 17.7. The third kappa shape index (κ3) is 4.90. The topological polar surface area (TPSA) is 49.4 Å². The molecule has 7 heteroatoms. The predicted molar refractivity (Wildman–Crippen MR) is 85.0 cm³/mol. The monoisotopic (exact) mass is 338 g/mol. The minimum absolute atomic E-state index is 0.0112. The summed E-state index contributed by atoms with van der Waals surface area (Å²) in [5, 5.41) is 4.40. The molecule has 0 saturated heterocycles. The van der Waals surface area contributed by atoms with Gasteiger partial charge in [0, 0.05) is 36.7 Å². The van der Waals surface area contributed by atoms with E-state index in [2.05, 4.69) is 5.32 Å². The largest absolute Gasteiger partial charge is 0.309 e. The summed E-state index contributed by atoms with van der Waals surface area (Å²) in [7, 11) is -0.123. The third-order valence-electron chi connectivity index (χ3n) is 3.05. The van der Waals surface area contributed by atoms with Crippen LogP contribution in [0.15, 0.2) is 18.2 Å². The second-order valence-corrected chi connectivity index (χ2v) is 7.83. The van der Waals surface area contributed by atoms with E-state index in [9.17, 15) is 8.42 Å². The van der Waals surface area contributed by atoms with E-state index in [1.807, 2.05) is 13.0 Å². The number of nitrogens with zero attached hydrogens (tertiary/aromatic N) is 1. The number of halogens is 2. The maximum absolute atomic E-state index is 11.7. The minimum atomic E-state index is -3.18. The van der Waals surface area contributed by atoms with E-state index in [1.165, 1.54) is 18.4 Å². The fraction of sp³-hybridized carbons (Fsp3) is 0.538. The van der Waals surface area contributed by atoms with E-state index in [4.69, 9.17) is 23.2 Å². The van der Waals surface area contributed by atoms with Crippen LogP contribution in [-0.4, -0.2) is 39.1 Å². The maximum Gasteiger partial charge on any atom is 0.214 e. The van der Waals surface area contributed by atoms with E-state index >= 15 is 0 Å². The average Bonchev–Trinajstić information content (AvgIpc) is 2.35. The SMILES string of the molecule is CCC(NCCS(=O)(=O)N(C)C)c1ccc(Cl)cc1Cl. The molecule has 114 valence electrons. The second-order valence-electron chi connectivity index (χ2n) is 4.68. The summed E-state index contributed by atoms with van der Waals surface area (Å²) < 4.78 is 24.6. The lowest BCUT2D eigenvalue weighted by Gasteiger charge is -2.19. The van der Waals surface area contributed by atoms with Gasteiger partial charge >= 0.3 is 0 Å². The smallest absolute Gasteiger partial charge is 0.214 e. The Hall–Kier alpha value is -0.330. The van der Waals surface area contributed by atoms with Gasteiger partial charge in [0.25, 0.3) is 0 Å². The van der Waals surface area contributed by atoms with Crippen molar-refractivity contribution in [3.63, 3.8) is 0 Å². The van der Waals surface area contributed by atoms with Crippen molar-refractivity contribution < 1.29 is 8.42 Å². The van der Waals surface area contributed by atoms with Crippen LogP contribution in [0.25, 0.3) is 0 Å². The highest BCUT2D eigenvalue weighted by Crippen LogP contribution is 2.27. The summed E-state index contributed by atoms with van der Waals surface area (Å²) in [6.07, 6.45) is 0.809. The van der Waals surface area contributed by atoms with Crippen molar-refractivity contribution in [3.05, 3.63) is 33.8 Å². The first-order chi connectivity index (χ1) is 9.27. The molecule has 0 aliphatic heterocycles. The van der Waals surface area contributed by atoms with Gasteiger partial charge in [0.15, 0.2) is 0 Å². The highest BCUT2D eigenvalue weighted by molar-refractivity contribution is 7.89. The van der Waals surface area contributed by atoms with Crippen LogP contribution in [0, 0.1) is 0 Å². The first-order valence-corrected chi connectivity index (χ1v) is 8.73. The molecular formula is C13H20Cl2N2O2S. The Morgan fingerprint density at radius 3 is 2.45 bits per heavy atom. The number of hydrogen-bond acceptors (Lipinski definition) is 3. The maximum atomic E-state index is 11.7. The van der Waals surface area contributed by atoms with E-state index in [0.29, 0.717) is 16.6 Å². The Labute approximate surface area is 131 Å². The molecule has 0 aromatic heterocycles. The zero-order valence-corrected chi connectivity index (χ0v) is 14.2. The van der Waals surface area contributed by atoms with E-state index in [-0.39, 0.29) is 11.8 Å². The molecule has 1 aromatic rings. The third-order valence-corrected chi connectivity index (χ3v) is 5.45. The Bertz CT molecular complexity index is 547. The molecule has 1 unspecified atom stereocenters. The molecular weight excluding hydrogens is 319 g/mol.